The van der Waals surface area contributed by atoms with Gasteiger partial charge in [0.25, 0.3) is 0 Å². The van der Waals surface area contributed by atoms with Crippen molar-refractivity contribution in [3.05, 3.63) is 84.2 Å². The molecule has 1 fully saturated rings. The van der Waals surface area contributed by atoms with Crippen molar-refractivity contribution in [3.63, 3.8) is 0 Å². The zero-order chi connectivity index (χ0) is 19.6. The van der Waals surface area contributed by atoms with E-state index in [1.54, 1.807) is 12.1 Å². The van der Waals surface area contributed by atoms with Gasteiger partial charge in [0.15, 0.2) is 0 Å². The van der Waals surface area contributed by atoms with Crippen molar-refractivity contribution in [1.82, 2.24) is 19.9 Å². The lowest BCUT2D eigenvalue weighted by Crippen LogP contribution is -2.34. The first-order valence-corrected chi connectivity index (χ1v) is 10.1. The Labute approximate surface area is 169 Å². The van der Waals surface area contributed by atoms with Crippen LogP contribution in [0.3, 0.4) is 0 Å². The van der Waals surface area contributed by atoms with Gasteiger partial charge in [-0.15, -0.1) is 0 Å². The number of fused-ring (bicyclic) bond motifs is 1. The predicted molar refractivity (Wildman–Crippen MR) is 113 cm³/mol. The lowest BCUT2D eigenvalue weighted by molar-refractivity contribution is 0.197. The van der Waals surface area contributed by atoms with Gasteiger partial charge >= 0.3 is 0 Å². The van der Waals surface area contributed by atoms with Crippen LogP contribution in [0, 0.1) is 5.82 Å². The molecule has 0 saturated carbocycles. The average Bonchev–Trinajstić information content (AvgIpc) is 3.18. The van der Waals surface area contributed by atoms with Crippen LogP contribution in [0.2, 0.25) is 0 Å². The minimum Gasteiger partial charge on any atom is -0.342 e. The predicted octanol–water partition coefficient (Wildman–Crippen LogP) is 5.14. The molecule has 1 aliphatic rings. The summed E-state index contributed by atoms with van der Waals surface area (Å²) in [4.78, 5) is 14.9. The van der Waals surface area contributed by atoms with Gasteiger partial charge in [-0.3, -0.25) is 9.88 Å². The second kappa shape index (κ2) is 7.76. The first kappa shape index (κ1) is 18.0. The molecular formula is C24H23FN4. The van der Waals surface area contributed by atoms with Gasteiger partial charge in [-0.05, 0) is 72.5 Å². The standard InChI is InChI=1S/C24H23FN4/c25-21-5-1-3-17(13-21)15-29-12-2-4-20(16-29)24-27-22-7-6-19(14-23(22)28-24)18-8-10-26-11-9-18/h1,3,5-11,13-14,20H,2,4,12,15-16H2,(H,27,28). The van der Waals surface area contributed by atoms with Crippen LogP contribution in [-0.4, -0.2) is 32.9 Å². The van der Waals surface area contributed by atoms with Crippen LogP contribution in [0.4, 0.5) is 4.39 Å². The SMILES string of the molecule is Fc1cccc(CN2CCCC(c3nc4ccc(-c5ccncc5)cc4[nH]3)C2)c1. The summed E-state index contributed by atoms with van der Waals surface area (Å²) in [5.41, 5.74) is 5.40. The summed E-state index contributed by atoms with van der Waals surface area (Å²) in [6.07, 6.45) is 5.87. The fraction of sp³-hybridized carbons (Fsp3) is 0.250. The third-order valence-electron chi connectivity index (χ3n) is 5.70. The number of aromatic amines is 1. The van der Waals surface area contributed by atoms with Gasteiger partial charge in [-0.2, -0.15) is 0 Å². The van der Waals surface area contributed by atoms with Gasteiger partial charge in [-0.1, -0.05) is 18.2 Å². The largest absolute Gasteiger partial charge is 0.342 e. The quantitative estimate of drug-likeness (QED) is 0.528. The Bertz CT molecular complexity index is 1120. The molecule has 5 heteroatoms. The number of pyridine rings is 1. The number of likely N-dealkylation sites (tertiary alicyclic amines) is 1. The highest BCUT2D eigenvalue weighted by atomic mass is 19.1. The number of nitrogens with zero attached hydrogens (tertiary/aromatic N) is 3. The molecule has 0 amide bonds. The monoisotopic (exact) mass is 386 g/mol. The maximum Gasteiger partial charge on any atom is 0.123 e. The summed E-state index contributed by atoms with van der Waals surface area (Å²) < 4.78 is 13.5. The molecule has 1 aliphatic heterocycles. The number of halogens is 1. The van der Waals surface area contributed by atoms with Crippen LogP contribution >= 0.6 is 0 Å². The van der Waals surface area contributed by atoms with Crippen LogP contribution in [0.25, 0.3) is 22.2 Å². The highest BCUT2D eigenvalue weighted by Crippen LogP contribution is 2.29. The molecule has 0 bridgehead atoms. The van der Waals surface area contributed by atoms with Crippen LogP contribution < -0.4 is 0 Å². The second-order valence-electron chi connectivity index (χ2n) is 7.79. The number of rotatable bonds is 4. The van der Waals surface area contributed by atoms with Crippen molar-refractivity contribution >= 4 is 11.0 Å². The number of imidazole rings is 1. The molecule has 146 valence electrons. The van der Waals surface area contributed by atoms with E-state index in [0.717, 1.165) is 66.0 Å². The van der Waals surface area contributed by atoms with Gasteiger partial charge in [0.1, 0.15) is 11.6 Å². The highest BCUT2D eigenvalue weighted by Gasteiger charge is 2.24. The lowest BCUT2D eigenvalue weighted by Gasteiger charge is -2.31. The number of hydrogen-bond donors (Lipinski definition) is 1. The molecule has 5 rings (SSSR count). The van der Waals surface area contributed by atoms with Crippen molar-refractivity contribution < 1.29 is 4.39 Å². The summed E-state index contributed by atoms with van der Waals surface area (Å²) >= 11 is 0. The Hall–Kier alpha value is -3.05. The molecule has 0 radical (unpaired) electrons. The molecule has 2 aromatic heterocycles. The van der Waals surface area contributed by atoms with Crippen LogP contribution in [0.15, 0.2) is 67.0 Å². The Morgan fingerprint density at radius 3 is 2.79 bits per heavy atom. The molecule has 3 heterocycles. The zero-order valence-electron chi connectivity index (χ0n) is 16.2. The fourth-order valence-electron chi connectivity index (χ4n) is 4.26. The molecule has 4 aromatic rings. The van der Waals surface area contributed by atoms with Crippen molar-refractivity contribution in [2.45, 2.75) is 25.3 Å². The molecule has 1 N–H and O–H groups in total. The number of benzene rings is 2. The Morgan fingerprint density at radius 2 is 1.93 bits per heavy atom. The third-order valence-corrected chi connectivity index (χ3v) is 5.70. The summed E-state index contributed by atoms with van der Waals surface area (Å²) in [6, 6.07) is 17.3. The van der Waals surface area contributed by atoms with E-state index >= 15 is 0 Å². The Morgan fingerprint density at radius 1 is 1.03 bits per heavy atom. The molecule has 0 spiro atoms. The van der Waals surface area contributed by atoms with Gasteiger partial charge in [0, 0.05) is 31.4 Å². The molecular weight excluding hydrogens is 363 g/mol. The minimum absolute atomic E-state index is 0.168. The smallest absolute Gasteiger partial charge is 0.123 e. The van der Waals surface area contributed by atoms with Crippen molar-refractivity contribution in [3.8, 4) is 11.1 Å². The van der Waals surface area contributed by atoms with Gasteiger partial charge in [0.05, 0.1) is 11.0 Å². The molecule has 1 saturated heterocycles. The number of piperidine rings is 1. The van der Waals surface area contributed by atoms with E-state index in [-0.39, 0.29) is 5.82 Å². The van der Waals surface area contributed by atoms with Crippen LogP contribution in [-0.2, 0) is 6.54 Å². The summed E-state index contributed by atoms with van der Waals surface area (Å²) in [5, 5.41) is 0. The maximum atomic E-state index is 13.5. The van der Waals surface area contributed by atoms with Crippen LogP contribution in [0.1, 0.15) is 30.1 Å². The van der Waals surface area contributed by atoms with Gasteiger partial charge in [0.2, 0.25) is 0 Å². The van der Waals surface area contributed by atoms with Crippen molar-refractivity contribution in [2.75, 3.05) is 13.1 Å². The van der Waals surface area contributed by atoms with E-state index in [1.165, 1.54) is 6.07 Å². The van der Waals surface area contributed by atoms with E-state index in [9.17, 15) is 4.39 Å². The van der Waals surface area contributed by atoms with Crippen molar-refractivity contribution in [2.24, 2.45) is 0 Å². The maximum absolute atomic E-state index is 13.5. The second-order valence-corrected chi connectivity index (χ2v) is 7.79. The van der Waals surface area contributed by atoms with Gasteiger partial charge < -0.3 is 4.98 Å². The molecule has 4 nitrogen and oxygen atoms in total. The van der Waals surface area contributed by atoms with E-state index in [2.05, 4.69) is 33.1 Å². The zero-order valence-corrected chi connectivity index (χ0v) is 16.2. The van der Waals surface area contributed by atoms with E-state index < -0.39 is 0 Å². The first-order chi connectivity index (χ1) is 14.2. The number of nitrogens with one attached hydrogen (secondary N) is 1. The average molecular weight is 386 g/mol. The summed E-state index contributed by atoms with van der Waals surface area (Å²) in [6.45, 7) is 2.76. The van der Waals surface area contributed by atoms with Gasteiger partial charge in [-0.25, -0.2) is 9.37 Å². The highest BCUT2D eigenvalue weighted by molar-refractivity contribution is 5.82. The fourth-order valence-corrected chi connectivity index (χ4v) is 4.26. The molecule has 1 atom stereocenters. The molecule has 29 heavy (non-hydrogen) atoms. The van der Waals surface area contributed by atoms with E-state index in [4.69, 9.17) is 4.98 Å². The summed E-state index contributed by atoms with van der Waals surface area (Å²) in [7, 11) is 0. The summed E-state index contributed by atoms with van der Waals surface area (Å²) in [5.74, 6) is 1.25. The van der Waals surface area contributed by atoms with E-state index in [1.807, 2.05) is 30.6 Å². The number of hydrogen-bond acceptors (Lipinski definition) is 3. The lowest BCUT2D eigenvalue weighted by atomic mass is 9.97. The normalized spacial score (nSPS) is 17.6. The topological polar surface area (TPSA) is 44.8 Å². The molecule has 2 aromatic carbocycles. The van der Waals surface area contributed by atoms with Crippen LogP contribution in [0.5, 0.6) is 0 Å². The molecule has 0 aliphatic carbocycles. The first-order valence-electron chi connectivity index (χ1n) is 10.1. The van der Waals surface area contributed by atoms with E-state index in [0.29, 0.717) is 5.92 Å². The number of H-pyrrole nitrogens is 1. The van der Waals surface area contributed by atoms with Crippen molar-refractivity contribution in [1.29, 1.82) is 0 Å². The molecule has 1 unspecified atom stereocenters. The third kappa shape index (κ3) is 3.91. The Kier molecular flexibility index (Phi) is 4.82. The number of aromatic nitrogens is 3. The minimum atomic E-state index is -0.168. The Balaban J connectivity index is 1.35.